The zero-order valence-electron chi connectivity index (χ0n) is 13.0. The third kappa shape index (κ3) is 3.33. The molecule has 1 fully saturated rings. The van der Waals surface area contributed by atoms with Crippen LogP contribution in [0.4, 0.5) is 0 Å². The lowest BCUT2D eigenvalue weighted by Gasteiger charge is -2.18. The van der Waals surface area contributed by atoms with E-state index in [1.54, 1.807) is 19.2 Å². The fourth-order valence-corrected chi connectivity index (χ4v) is 3.61. The average molecular weight is 300 g/mol. The summed E-state index contributed by atoms with van der Waals surface area (Å²) in [5.41, 5.74) is 0.586. The first-order valence-electron chi connectivity index (χ1n) is 8.08. The van der Waals surface area contributed by atoms with Gasteiger partial charge in [0.25, 0.3) is 5.91 Å². The Bertz CT molecular complexity index is 556. The Balaban J connectivity index is 1.36. The van der Waals surface area contributed by atoms with Crippen LogP contribution in [0.5, 0.6) is 5.75 Å². The second-order valence-corrected chi connectivity index (χ2v) is 6.20. The van der Waals surface area contributed by atoms with E-state index in [0.29, 0.717) is 17.9 Å². The van der Waals surface area contributed by atoms with Gasteiger partial charge in [0.1, 0.15) is 5.75 Å². The first-order valence-corrected chi connectivity index (χ1v) is 8.08. The van der Waals surface area contributed by atoms with E-state index in [-0.39, 0.29) is 5.91 Å². The van der Waals surface area contributed by atoms with Crippen LogP contribution < -0.4 is 15.4 Å². The maximum absolute atomic E-state index is 12.1. The zero-order valence-corrected chi connectivity index (χ0v) is 13.0. The maximum atomic E-state index is 12.1. The molecule has 118 valence electrons. The lowest BCUT2D eigenvalue weighted by Crippen LogP contribution is -2.34. The molecule has 1 amide bonds. The molecule has 0 aliphatic heterocycles. The SMILES string of the molecule is COc1ccccc1C(=O)NCCNCC1CC2C=CC1C2. The van der Waals surface area contributed by atoms with Crippen LogP contribution in [0.25, 0.3) is 0 Å². The van der Waals surface area contributed by atoms with Gasteiger partial charge in [0.15, 0.2) is 0 Å². The zero-order chi connectivity index (χ0) is 15.4. The molecule has 4 heteroatoms. The number of fused-ring (bicyclic) bond motifs is 2. The Hall–Kier alpha value is -1.81. The molecule has 2 bridgehead atoms. The van der Waals surface area contributed by atoms with Crippen LogP contribution in [-0.2, 0) is 0 Å². The molecule has 22 heavy (non-hydrogen) atoms. The molecule has 2 N–H and O–H groups in total. The molecule has 3 rings (SSSR count). The third-order valence-corrected chi connectivity index (χ3v) is 4.76. The first kappa shape index (κ1) is 15.1. The molecule has 1 aromatic carbocycles. The fourth-order valence-electron chi connectivity index (χ4n) is 3.61. The van der Waals surface area contributed by atoms with E-state index in [1.165, 1.54) is 12.8 Å². The highest BCUT2D eigenvalue weighted by atomic mass is 16.5. The normalized spacial score (nSPS) is 25.4. The average Bonchev–Trinajstić information content (AvgIpc) is 3.17. The van der Waals surface area contributed by atoms with Crippen LogP contribution in [0.3, 0.4) is 0 Å². The largest absolute Gasteiger partial charge is 0.496 e. The quantitative estimate of drug-likeness (QED) is 0.600. The highest BCUT2D eigenvalue weighted by molar-refractivity contribution is 5.96. The number of carbonyl (C=O) groups is 1. The van der Waals surface area contributed by atoms with E-state index in [9.17, 15) is 4.79 Å². The van der Waals surface area contributed by atoms with Crippen LogP contribution in [0, 0.1) is 17.8 Å². The number of hydrogen-bond acceptors (Lipinski definition) is 3. The molecule has 4 nitrogen and oxygen atoms in total. The minimum absolute atomic E-state index is 0.0814. The van der Waals surface area contributed by atoms with Gasteiger partial charge in [-0.3, -0.25) is 4.79 Å². The molecule has 0 spiro atoms. The van der Waals surface area contributed by atoms with Gasteiger partial charge in [0, 0.05) is 13.1 Å². The van der Waals surface area contributed by atoms with E-state index in [2.05, 4.69) is 22.8 Å². The number of para-hydroxylation sites is 1. The number of ether oxygens (including phenoxy) is 1. The summed E-state index contributed by atoms with van der Waals surface area (Å²) in [6, 6.07) is 7.29. The van der Waals surface area contributed by atoms with Crippen LogP contribution in [0.1, 0.15) is 23.2 Å². The molecule has 0 radical (unpaired) electrons. The van der Waals surface area contributed by atoms with Gasteiger partial charge in [0.2, 0.25) is 0 Å². The number of amides is 1. The van der Waals surface area contributed by atoms with E-state index in [0.717, 1.165) is 30.8 Å². The fraction of sp³-hybridized carbons (Fsp3) is 0.500. The Labute approximate surface area is 131 Å². The summed E-state index contributed by atoms with van der Waals surface area (Å²) in [5.74, 6) is 2.91. The minimum Gasteiger partial charge on any atom is -0.496 e. The molecular formula is C18H24N2O2. The van der Waals surface area contributed by atoms with Crippen molar-refractivity contribution in [3.05, 3.63) is 42.0 Å². The van der Waals surface area contributed by atoms with Crippen molar-refractivity contribution in [3.63, 3.8) is 0 Å². The molecule has 0 saturated heterocycles. The molecule has 3 atom stereocenters. The molecule has 2 aliphatic rings. The third-order valence-electron chi connectivity index (χ3n) is 4.76. The number of methoxy groups -OCH3 is 1. The predicted octanol–water partition coefficient (Wildman–Crippen LogP) is 2.23. The van der Waals surface area contributed by atoms with Gasteiger partial charge < -0.3 is 15.4 Å². The molecule has 2 aliphatic carbocycles. The van der Waals surface area contributed by atoms with Gasteiger partial charge >= 0.3 is 0 Å². The van der Waals surface area contributed by atoms with Crippen molar-refractivity contribution in [3.8, 4) is 5.75 Å². The van der Waals surface area contributed by atoms with Crippen molar-refractivity contribution in [2.75, 3.05) is 26.7 Å². The van der Waals surface area contributed by atoms with Crippen LogP contribution in [0.15, 0.2) is 36.4 Å². The summed E-state index contributed by atoms with van der Waals surface area (Å²) in [4.78, 5) is 12.1. The Morgan fingerprint density at radius 3 is 2.82 bits per heavy atom. The number of allylic oxidation sites excluding steroid dienone is 2. The van der Waals surface area contributed by atoms with E-state index in [4.69, 9.17) is 4.74 Å². The smallest absolute Gasteiger partial charge is 0.255 e. The van der Waals surface area contributed by atoms with Crippen molar-refractivity contribution in [2.24, 2.45) is 17.8 Å². The van der Waals surface area contributed by atoms with E-state index < -0.39 is 0 Å². The number of nitrogens with one attached hydrogen (secondary N) is 2. The van der Waals surface area contributed by atoms with Crippen molar-refractivity contribution >= 4 is 5.91 Å². The van der Waals surface area contributed by atoms with Crippen molar-refractivity contribution < 1.29 is 9.53 Å². The Kier molecular flexibility index (Phi) is 4.78. The van der Waals surface area contributed by atoms with Crippen LogP contribution in [0.2, 0.25) is 0 Å². The molecule has 1 aromatic rings. The Morgan fingerprint density at radius 1 is 1.23 bits per heavy atom. The Morgan fingerprint density at radius 2 is 2.09 bits per heavy atom. The summed E-state index contributed by atoms with van der Waals surface area (Å²) in [5, 5.41) is 6.41. The molecule has 3 unspecified atom stereocenters. The van der Waals surface area contributed by atoms with Gasteiger partial charge in [-0.05, 0) is 49.3 Å². The summed E-state index contributed by atoms with van der Waals surface area (Å²) >= 11 is 0. The van der Waals surface area contributed by atoms with Crippen molar-refractivity contribution in [1.82, 2.24) is 10.6 Å². The van der Waals surface area contributed by atoms with Crippen molar-refractivity contribution in [1.29, 1.82) is 0 Å². The summed E-state index contributed by atoms with van der Waals surface area (Å²) < 4.78 is 5.21. The van der Waals surface area contributed by atoms with Gasteiger partial charge in [-0.15, -0.1) is 0 Å². The van der Waals surface area contributed by atoms with E-state index in [1.807, 2.05) is 12.1 Å². The highest BCUT2D eigenvalue weighted by Gasteiger charge is 2.34. The number of hydrogen-bond donors (Lipinski definition) is 2. The molecular weight excluding hydrogens is 276 g/mol. The topological polar surface area (TPSA) is 50.4 Å². The second-order valence-electron chi connectivity index (χ2n) is 6.20. The molecule has 0 aromatic heterocycles. The lowest BCUT2D eigenvalue weighted by molar-refractivity contribution is 0.0951. The first-order chi connectivity index (χ1) is 10.8. The van der Waals surface area contributed by atoms with Gasteiger partial charge in [-0.2, -0.15) is 0 Å². The van der Waals surface area contributed by atoms with Crippen LogP contribution in [-0.4, -0.2) is 32.7 Å². The summed E-state index contributed by atoms with van der Waals surface area (Å²) in [7, 11) is 1.58. The highest BCUT2D eigenvalue weighted by Crippen LogP contribution is 2.42. The van der Waals surface area contributed by atoms with Gasteiger partial charge in [-0.25, -0.2) is 0 Å². The number of rotatable bonds is 7. The number of carbonyl (C=O) groups excluding carboxylic acids is 1. The van der Waals surface area contributed by atoms with E-state index >= 15 is 0 Å². The van der Waals surface area contributed by atoms with Gasteiger partial charge in [0.05, 0.1) is 12.7 Å². The minimum atomic E-state index is -0.0814. The van der Waals surface area contributed by atoms with Gasteiger partial charge in [-0.1, -0.05) is 24.3 Å². The summed E-state index contributed by atoms with van der Waals surface area (Å²) in [6.07, 6.45) is 7.41. The monoisotopic (exact) mass is 300 g/mol. The predicted molar refractivity (Wildman–Crippen MR) is 87.0 cm³/mol. The van der Waals surface area contributed by atoms with Crippen molar-refractivity contribution in [2.45, 2.75) is 12.8 Å². The standard InChI is InChI=1S/C18H24N2O2/c1-22-17-5-3-2-4-16(17)18(21)20-9-8-19-12-15-11-13-6-7-14(15)10-13/h2-7,13-15,19H,8-12H2,1H3,(H,20,21). The van der Waals surface area contributed by atoms with Crippen LogP contribution >= 0.6 is 0 Å². The molecule has 1 saturated carbocycles. The number of benzene rings is 1. The second kappa shape index (κ2) is 6.97. The molecule has 0 heterocycles. The lowest BCUT2D eigenvalue weighted by atomic mass is 9.94. The maximum Gasteiger partial charge on any atom is 0.255 e. The summed E-state index contributed by atoms with van der Waals surface area (Å²) in [6.45, 7) is 2.49.